The van der Waals surface area contributed by atoms with E-state index in [0.29, 0.717) is 5.56 Å². The molecule has 122 valence electrons. The Labute approximate surface area is 132 Å². The van der Waals surface area contributed by atoms with E-state index in [9.17, 15) is 13.6 Å². The summed E-state index contributed by atoms with van der Waals surface area (Å²) in [6.45, 7) is 2.11. The summed E-state index contributed by atoms with van der Waals surface area (Å²) in [4.78, 5) is 15.8. The monoisotopic (exact) mass is 321 g/mol. The van der Waals surface area contributed by atoms with Crippen LogP contribution in [0.25, 0.3) is 0 Å². The van der Waals surface area contributed by atoms with Gasteiger partial charge in [-0.1, -0.05) is 13.0 Å². The molecule has 0 fully saturated rings. The molecule has 1 aromatic carbocycles. The maximum Gasteiger partial charge on any atom is 0.224 e. The molecule has 1 aromatic heterocycles. The number of nitrogens with one attached hydrogen (secondary N) is 1. The van der Waals surface area contributed by atoms with Crippen molar-refractivity contribution in [2.24, 2.45) is 11.7 Å². The van der Waals surface area contributed by atoms with E-state index in [0.717, 1.165) is 12.1 Å². The smallest absolute Gasteiger partial charge is 0.224 e. The third-order valence-electron chi connectivity index (χ3n) is 3.20. The molecule has 5 nitrogen and oxygen atoms in total. The quantitative estimate of drug-likeness (QED) is 0.856. The summed E-state index contributed by atoms with van der Waals surface area (Å²) < 4.78 is 32.0. The fourth-order valence-electron chi connectivity index (χ4n) is 1.78. The van der Waals surface area contributed by atoms with Gasteiger partial charge in [-0.15, -0.1) is 0 Å². The number of carbonyl (C=O) groups is 1. The molecule has 7 heteroatoms. The van der Waals surface area contributed by atoms with Gasteiger partial charge in [0.25, 0.3) is 0 Å². The summed E-state index contributed by atoms with van der Waals surface area (Å²) in [5.41, 5.74) is 6.00. The van der Waals surface area contributed by atoms with Gasteiger partial charge in [-0.3, -0.25) is 4.79 Å². The highest BCUT2D eigenvalue weighted by Crippen LogP contribution is 2.26. The Bertz CT molecular complexity index is 695. The van der Waals surface area contributed by atoms with Crippen LogP contribution in [0.5, 0.6) is 11.6 Å². The highest BCUT2D eigenvalue weighted by molar-refractivity contribution is 5.78. The van der Waals surface area contributed by atoms with Gasteiger partial charge in [-0.25, -0.2) is 13.8 Å². The van der Waals surface area contributed by atoms with Crippen LogP contribution < -0.4 is 15.8 Å². The summed E-state index contributed by atoms with van der Waals surface area (Å²) >= 11 is 0. The minimum absolute atomic E-state index is 0.138. The van der Waals surface area contributed by atoms with Crippen LogP contribution >= 0.6 is 0 Å². The highest BCUT2D eigenvalue weighted by Gasteiger charge is 2.14. The van der Waals surface area contributed by atoms with Crippen LogP contribution in [0.1, 0.15) is 12.5 Å². The first kappa shape index (κ1) is 16.8. The molecule has 0 saturated heterocycles. The predicted octanol–water partition coefficient (Wildman–Crippen LogP) is 2.36. The predicted molar refractivity (Wildman–Crippen MR) is 80.7 cm³/mol. The average Bonchev–Trinajstić information content (AvgIpc) is 2.55. The van der Waals surface area contributed by atoms with Crippen molar-refractivity contribution < 1.29 is 18.3 Å². The zero-order valence-corrected chi connectivity index (χ0v) is 12.6. The molecule has 0 bridgehead atoms. The van der Waals surface area contributed by atoms with Crippen molar-refractivity contribution >= 4 is 5.91 Å². The number of carbonyl (C=O) groups excluding carboxylic acids is 1. The Morgan fingerprint density at radius 1 is 1.39 bits per heavy atom. The van der Waals surface area contributed by atoms with Gasteiger partial charge in [0.15, 0.2) is 11.6 Å². The molecule has 1 amide bonds. The minimum atomic E-state index is -0.831. The molecular weight excluding hydrogens is 304 g/mol. The van der Waals surface area contributed by atoms with E-state index in [-0.39, 0.29) is 36.5 Å². The fraction of sp³-hybridized carbons (Fsp3) is 0.250. The number of pyridine rings is 1. The summed E-state index contributed by atoms with van der Waals surface area (Å²) in [5.74, 6) is -2.05. The maximum atomic E-state index is 13.7. The van der Waals surface area contributed by atoms with Gasteiger partial charge in [0.2, 0.25) is 11.8 Å². The molecule has 0 aliphatic rings. The molecule has 0 spiro atoms. The minimum Gasteiger partial charge on any atom is -0.436 e. The molecule has 1 heterocycles. The Kier molecular flexibility index (Phi) is 5.59. The highest BCUT2D eigenvalue weighted by atomic mass is 19.1. The second-order valence-corrected chi connectivity index (χ2v) is 5.00. The van der Waals surface area contributed by atoms with Gasteiger partial charge in [-0.2, -0.15) is 0 Å². The lowest BCUT2D eigenvalue weighted by atomic mass is 10.1. The van der Waals surface area contributed by atoms with Gasteiger partial charge >= 0.3 is 0 Å². The van der Waals surface area contributed by atoms with Crippen LogP contribution in [-0.2, 0) is 11.3 Å². The Hall–Kier alpha value is -2.54. The average molecular weight is 321 g/mol. The van der Waals surface area contributed by atoms with Crippen LogP contribution in [0.15, 0.2) is 36.5 Å². The Balaban J connectivity index is 2.12. The van der Waals surface area contributed by atoms with Crippen LogP contribution in [0.3, 0.4) is 0 Å². The number of rotatable bonds is 6. The lowest BCUT2D eigenvalue weighted by Gasteiger charge is -2.13. The summed E-state index contributed by atoms with van der Waals surface area (Å²) in [7, 11) is 0. The molecule has 2 rings (SSSR count). The van der Waals surface area contributed by atoms with Crippen LogP contribution in [0.4, 0.5) is 8.78 Å². The third kappa shape index (κ3) is 4.46. The number of hydrogen-bond acceptors (Lipinski definition) is 4. The fourth-order valence-corrected chi connectivity index (χ4v) is 1.78. The summed E-state index contributed by atoms with van der Waals surface area (Å²) in [6.07, 6.45) is 1.48. The summed E-state index contributed by atoms with van der Waals surface area (Å²) in [5, 5.41) is 2.71. The number of aromatic nitrogens is 1. The molecule has 3 N–H and O–H groups in total. The number of benzene rings is 1. The van der Waals surface area contributed by atoms with Crippen LogP contribution in [0.2, 0.25) is 0 Å². The number of hydrogen-bond donors (Lipinski definition) is 2. The van der Waals surface area contributed by atoms with E-state index < -0.39 is 11.6 Å². The molecule has 0 saturated carbocycles. The lowest BCUT2D eigenvalue weighted by molar-refractivity contribution is -0.124. The van der Waals surface area contributed by atoms with E-state index in [1.165, 1.54) is 12.3 Å². The Morgan fingerprint density at radius 2 is 2.17 bits per heavy atom. The van der Waals surface area contributed by atoms with E-state index in [2.05, 4.69) is 10.3 Å². The number of amides is 1. The van der Waals surface area contributed by atoms with E-state index in [4.69, 9.17) is 10.5 Å². The van der Waals surface area contributed by atoms with Crippen molar-refractivity contribution in [3.05, 3.63) is 53.7 Å². The third-order valence-corrected chi connectivity index (χ3v) is 3.20. The maximum absolute atomic E-state index is 13.7. The molecule has 0 radical (unpaired) electrons. The van der Waals surface area contributed by atoms with Crippen LogP contribution in [-0.4, -0.2) is 17.4 Å². The summed E-state index contributed by atoms with van der Waals surface area (Å²) in [6, 6.07) is 6.35. The van der Waals surface area contributed by atoms with Gasteiger partial charge in [-0.05, 0) is 18.2 Å². The standard InChI is InChI=1S/C16H17F2N3O2/c1-10(8-19)15(22)21-9-11-3-2-6-20-16(11)23-14-5-4-12(17)7-13(14)18/h2-7,10H,8-9,19H2,1H3,(H,21,22). The van der Waals surface area contributed by atoms with Crippen molar-refractivity contribution in [1.29, 1.82) is 0 Å². The number of halogens is 2. The molecular formula is C16H17F2N3O2. The number of nitrogens with two attached hydrogens (primary N) is 1. The zero-order chi connectivity index (χ0) is 16.8. The van der Waals surface area contributed by atoms with E-state index in [1.807, 2.05) is 0 Å². The first-order chi connectivity index (χ1) is 11.0. The normalized spacial score (nSPS) is 11.8. The molecule has 23 heavy (non-hydrogen) atoms. The largest absolute Gasteiger partial charge is 0.436 e. The van der Waals surface area contributed by atoms with Crippen molar-refractivity contribution in [3.8, 4) is 11.6 Å². The number of nitrogens with zero attached hydrogens (tertiary/aromatic N) is 1. The first-order valence-corrected chi connectivity index (χ1v) is 7.06. The second-order valence-electron chi connectivity index (χ2n) is 5.00. The van der Waals surface area contributed by atoms with E-state index >= 15 is 0 Å². The molecule has 1 atom stereocenters. The van der Waals surface area contributed by atoms with E-state index in [1.54, 1.807) is 19.1 Å². The zero-order valence-electron chi connectivity index (χ0n) is 12.6. The SMILES string of the molecule is CC(CN)C(=O)NCc1cccnc1Oc1ccc(F)cc1F. The van der Waals surface area contributed by atoms with Crippen molar-refractivity contribution in [1.82, 2.24) is 10.3 Å². The van der Waals surface area contributed by atoms with Crippen LogP contribution in [0, 0.1) is 17.6 Å². The van der Waals surface area contributed by atoms with Gasteiger partial charge < -0.3 is 15.8 Å². The topological polar surface area (TPSA) is 77.2 Å². The van der Waals surface area contributed by atoms with Gasteiger partial charge in [0, 0.05) is 36.8 Å². The van der Waals surface area contributed by atoms with Gasteiger partial charge in [0.1, 0.15) is 5.82 Å². The molecule has 0 aliphatic carbocycles. The number of ether oxygens (including phenoxy) is 1. The Morgan fingerprint density at radius 3 is 2.87 bits per heavy atom. The molecule has 1 unspecified atom stereocenters. The second kappa shape index (κ2) is 7.64. The van der Waals surface area contributed by atoms with Crippen molar-refractivity contribution in [2.75, 3.05) is 6.54 Å². The van der Waals surface area contributed by atoms with Crippen molar-refractivity contribution in [2.45, 2.75) is 13.5 Å². The van der Waals surface area contributed by atoms with Crippen molar-refractivity contribution in [3.63, 3.8) is 0 Å². The first-order valence-electron chi connectivity index (χ1n) is 7.06. The van der Waals surface area contributed by atoms with Gasteiger partial charge in [0.05, 0.1) is 0 Å². The molecule has 0 aliphatic heterocycles. The lowest BCUT2D eigenvalue weighted by Crippen LogP contribution is -2.32. The molecule has 2 aromatic rings.